The van der Waals surface area contributed by atoms with Gasteiger partial charge >= 0.3 is 0 Å². The maximum Gasteiger partial charge on any atom is 0.118 e. The first kappa shape index (κ1) is 9.01. The van der Waals surface area contributed by atoms with Crippen molar-refractivity contribution in [2.75, 3.05) is 7.05 Å². The Hall–Kier alpha value is -0.990. The van der Waals surface area contributed by atoms with Crippen LogP contribution in [0, 0.1) is 0 Å². The van der Waals surface area contributed by atoms with Crippen LogP contribution in [0.3, 0.4) is 0 Å². The van der Waals surface area contributed by atoms with Crippen molar-refractivity contribution in [1.82, 2.24) is 5.32 Å². The van der Waals surface area contributed by atoms with E-state index in [0.29, 0.717) is 5.82 Å². The van der Waals surface area contributed by atoms with Gasteiger partial charge in [-0.25, -0.2) is 0 Å². The molecule has 0 bridgehead atoms. The van der Waals surface area contributed by atoms with Crippen molar-refractivity contribution in [2.45, 2.75) is 20.3 Å². The molecule has 3 nitrogen and oxygen atoms in total. The van der Waals surface area contributed by atoms with Gasteiger partial charge in [0.25, 0.3) is 0 Å². The molecule has 0 amide bonds. The first-order chi connectivity index (χ1) is 4.72. The Balaban J connectivity index is 4.04. The SMILES string of the molecule is CC/C=N\C(C)=C(\N)NC. The van der Waals surface area contributed by atoms with Crippen molar-refractivity contribution in [3.63, 3.8) is 0 Å². The second kappa shape index (κ2) is 4.85. The number of nitrogens with two attached hydrogens (primary N) is 1. The van der Waals surface area contributed by atoms with Crippen molar-refractivity contribution in [3.05, 3.63) is 11.5 Å². The Morgan fingerprint density at radius 1 is 1.70 bits per heavy atom. The fraction of sp³-hybridized carbons (Fsp3) is 0.571. The Bertz CT molecular complexity index is 147. The monoisotopic (exact) mass is 141 g/mol. The molecule has 3 heteroatoms. The number of nitrogens with zero attached hydrogens (tertiary/aromatic N) is 1. The van der Waals surface area contributed by atoms with E-state index in [1.54, 1.807) is 7.05 Å². The number of nitrogens with one attached hydrogen (secondary N) is 1. The highest BCUT2D eigenvalue weighted by Gasteiger charge is 1.88. The zero-order valence-corrected chi connectivity index (χ0v) is 6.81. The normalized spacial score (nSPS) is 13.5. The van der Waals surface area contributed by atoms with Crippen molar-refractivity contribution >= 4 is 6.21 Å². The lowest BCUT2D eigenvalue weighted by molar-refractivity contribution is 0.926. The first-order valence-corrected chi connectivity index (χ1v) is 3.39. The van der Waals surface area contributed by atoms with Gasteiger partial charge in [-0.15, -0.1) is 0 Å². The van der Waals surface area contributed by atoms with E-state index in [0.717, 1.165) is 12.1 Å². The zero-order valence-electron chi connectivity index (χ0n) is 6.81. The average Bonchev–Trinajstić information content (AvgIpc) is 1.98. The third-order valence-corrected chi connectivity index (χ3v) is 1.13. The predicted molar refractivity (Wildman–Crippen MR) is 44.7 cm³/mol. The van der Waals surface area contributed by atoms with Crippen molar-refractivity contribution < 1.29 is 0 Å². The highest BCUT2D eigenvalue weighted by atomic mass is 15.0. The molecule has 0 radical (unpaired) electrons. The van der Waals surface area contributed by atoms with Crippen LogP contribution in [0.15, 0.2) is 16.5 Å². The Morgan fingerprint density at radius 3 is 2.70 bits per heavy atom. The van der Waals surface area contributed by atoms with E-state index in [9.17, 15) is 0 Å². The molecule has 10 heavy (non-hydrogen) atoms. The minimum absolute atomic E-state index is 0.629. The van der Waals surface area contributed by atoms with Crippen molar-refractivity contribution in [1.29, 1.82) is 0 Å². The topological polar surface area (TPSA) is 50.4 Å². The average molecular weight is 141 g/mol. The van der Waals surface area contributed by atoms with Gasteiger partial charge in [0.05, 0.1) is 5.70 Å². The highest BCUT2D eigenvalue weighted by Crippen LogP contribution is 1.94. The van der Waals surface area contributed by atoms with Crippen LogP contribution in [0.4, 0.5) is 0 Å². The number of hydrogen-bond donors (Lipinski definition) is 2. The Labute approximate surface area is 62.0 Å². The van der Waals surface area contributed by atoms with E-state index in [1.165, 1.54) is 0 Å². The van der Waals surface area contributed by atoms with Gasteiger partial charge in [0.1, 0.15) is 5.82 Å². The maximum absolute atomic E-state index is 5.51. The number of allylic oxidation sites excluding steroid dienone is 1. The standard InChI is InChI=1S/C7H15N3/c1-4-5-10-6(2)7(8)9-3/h5,9H,4,8H2,1-3H3/b7-6-,10-5-. The molecule has 0 spiro atoms. The van der Waals surface area contributed by atoms with E-state index in [2.05, 4.69) is 10.3 Å². The van der Waals surface area contributed by atoms with Gasteiger partial charge < -0.3 is 11.1 Å². The van der Waals surface area contributed by atoms with E-state index in [1.807, 2.05) is 20.1 Å². The Kier molecular flexibility index (Phi) is 4.37. The lowest BCUT2D eigenvalue weighted by Gasteiger charge is -2.00. The van der Waals surface area contributed by atoms with Crippen LogP contribution in [0.2, 0.25) is 0 Å². The summed E-state index contributed by atoms with van der Waals surface area (Å²) in [5.74, 6) is 0.629. The highest BCUT2D eigenvalue weighted by molar-refractivity contribution is 5.58. The molecule has 0 aromatic carbocycles. The maximum atomic E-state index is 5.51. The summed E-state index contributed by atoms with van der Waals surface area (Å²) in [6, 6.07) is 0. The molecular formula is C7H15N3. The van der Waals surface area contributed by atoms with Gasteiger partial charge in [-0.2, -0.15) is 0 Å². The molecule has 0 aromatic rings. The third kappa shape index (κ3) is 3.12. The first-order valence-electron chi connectivity index (χ1n) is 3.39. The summed E-state index contributed by atoms with van der Waals surface area (Å²) in [5.41, 5.74) is 6.35. The lowest BCUT2D eigenvalue weighted by atomic mass is 10.4. The van der Waals surface area contributed by atoms with Crippen LogP contribution in [-0.4, -0.2) is 13.3 Å². The fourth-order valence-electron chi connectivity index (χ4n) is 0.479. The molecule has 0 unspecified atom stereocenters. The summed E-state index contributed by atoms with van der Waals surface area (Å²) in [5, 5.41) is 2.82. The summed E-state index contributed by atoms with van der Waals surface area (Å²) in [7, 11) is 1.78. The molecule has 0 fully saturated rings. The van der Waals surface area contributed by atoms with Crippen LogP contribution >= 0.6 is 0 Å². The third-order valence-electron chi connectivity index (χ3n) is 1.13. The quantitative estimate of drug-likeness (QED) is 0.572. The van der Waals surface area contributed by atoms with E-state index < -0.39 is 0 Å². The van der Waals surface area contributed by atoms with E-state index in [-0.39, 0.29) is 0 Å². The molecule has 0 aliphatic carbocycles. The molecule has 0 aliphatic rings. The molecule has 0 aliphatic heterocycles. The van der Waals surface area contributed by atoms with Gasteiger partial charge in [0, 0.05) is 13.3 Å². The molecule has 0 heterocycles. The number of hydrogen-bond acceptors (Lipinski definition) is 3. The van der Waals surface area contributed by atoms with Crippen molar-refractivity contribution in [3.8, 4) is 0 Å². The molecule has 0 aromatic heterocycles. The summed E-state index contributed by atoms with van der Waals surface area (Å²) < 4.78 is 0. The molecule has 0 saturated carbocycles. The van der Waals surface area contributed by atoms with Gasteiger partial charge in [0.15, 0.2) is 0 Å². The molecule has 0 atom stereocenters. The molecular weight excluding hydrogens is 126 g/mol. The van der Waals surface area contributed by atoms with Crippen LogP contribution in [0.1, 0.15) is 20.3 Å². The predicted octanol–water partition coefficient (Wildman–Crippen LogP) is 0.834. The minimum atomic E-state index is 0.629. The largest absolute Gasteiger partial charge is 0.384 e. The van der Waals surface area contributed by atoms with Gasteiger partial charge in [0.2, 0.25) is 0 Å². The van der Waals surface area contributed by atoms with Crippen LogP contribution in [0.25, 0.3) is 0 Å². The van der Waals surface area contributed by atoms with Gasteiger partial charge in [-0.3, -0.25) is 4.99 Å². The summed E-state index contributed by atoms with van der Waals surface area (Å²) in [4.78, 5) is 4.08. The van der Waals surface area contributed by atoms with Crippen LogP contribution in [0.5, 0.6) is 0 Å². The molecule has 3 N–H and O–H groups in total. The summed E-state index contributed by atoms with van der Waals surface area (Å²) in [6.45, 7) is 3.91. The number of aliphatic imine (C=N–C) groups is 1. The molecule has 58 valence electrons. The second-order valence-corrected chi connectivity index (χ2v) is 1.97. The van der Waals surface area contributed by atoms with Crippen molar-refractivity contribution in [2.24, 2.45) is 10.7 Å². The second-order valence-electron chi connectivity index (χ2n) is 1.97. The summed E-state index contributed by atoms with van der Waals surface area (Å²) >= 11 is 0. The van der Waals surface area contributed by atoms with Crippen LogP contribution in [-0.2, 0) is 0 Å². The molecule has 0 saturated heterocycles. The lowest BCUT2D eigenvalue weighted by Crippen LogP contribution is -2.16. The number of rotatable bonds is 3. The van der Waals surface area contributed by atoms with Gasteiger partial charge in [-0.1, -0.05) is 6.92 Å². The van der Waals surface area contributed by atoms with E-state index >= 15 is 0 Å². The summed E-state index contributed by atoms with van der Waals surface area (Å²) in [6.07, 6.45) is 2.77. The zero-order chi connectivity index (χ0) is 7.98. The van der Waals surface area contributed by atoms with Crippen LogP contribution < -0.4 is 11.1 Å². The smallest absolute Gasteiger partial charge is 0.118 e. The van der Waals surface area contributed by atoms with E-state index in [4.69, 9.17) is 5.73 Å². The van der Waals surface area contributed by atoms with Gasteiger partial charge in [-0.05, 0) is 13.3 Å². The minimum Gasteiger partial charge on any atom is -0.384 e. The molecule has 0 rings (SSSR count). The fourth-order valence-corrected chi connectivity index (χ4v) is 0.479. The Morgan fingerprint density at radius 2 is 2.30 bits per heavy atom.